The molecule has 0 aliphatic heterocycles. The maximum Gasteiger partial charge on any atom is 0.223 e. The standard InChI is InChI=1S/C8H10N8S/c9-3-1-4(10)15-8(14-3)17-6-2-5(11)13-7(12)16-6/h1-2H,(H4,9,10,14,15)(H4,11,12,13,16). The molecule has 9 heteroatoms. The van der Waals surface area contributed by atoms with Crippen LogP contribution in [0.4, 0.5) is 23.4 Å². The Morgan fingerprint density at radius 3 is 1.94 bits per heavy atom. The third-order valence-electron chi connectivity index (χ3n) is 1.68. The highest BCUT2D eigenvalue weighted by Gasteiger charge is 2.06. The van der Waals surface area contributed by atoms with E-state index in [9.17, 15) is 0 Å². The van der Waals surface area contributed by atoms with Gasteiger partial charge < -0.3 is 22.9 Å². The van der Waals surface area contributed by atoms with E-state index in [-0.39, 0.29) is 23.4 Å². The molecule has 0 radical (unpaired) electrons. The van der Waals surface area contributed by atoms with Crippen LogP contribution in [0.3, 0.4) is 0 Å². The summed E-state index contributed by atoms with van der Waals surface area (Å²) < 4.78 is 0. The van der Waals surface area contributed by atoms with Crippen molar-refractivity contribution in [1.82, 2.24) is 19.9 Å². The van der Waals surface area contributed by atoms with Crippen LogP contribution in [0.25, 0.3) is 0 Å². The molecule has 88 valence electrons. The fourth-order valence-corrected chi connectivity index (χ4v) is 1.92. The van der Waals surface area contributed by atoms with Crippen LogP contribution in [0.15, 0.2) is 22.3 Å². The van der Waals surface area contributed by atoms with Gasteiger partial charge in [0.2, 0.25) is 5.95 Å². The Morgan fingerprint density at radius 2 is 1.35 bits per heavy atom. The third kappa shape index (κ3) is 2.84. The lowest BCUT2D eigenvalue weighted by molar-refractivity contribution is 0.974. The molecule has 2 aromatic rings. The average Bonchev–Trinajstić information content (AvgIpc) is 2.13. The van der Waals surface area contributed by atoms with Gasteiger partial charge in [-0.2, -0.15) is 4.98 Å². The van der Waals surface area contributed by atoms with E-state index in [1.807, 2.05) is 0 Å². The second-order valence-electron chi connectivity index (χ2n) is 3.09. The number of anilines is 4. The van der Waals surface area contributed by atoms with Crippen LogP contribution in [-0.4, -0.2) is 19.9 Å². The predicted octanol–water partition coefficient (Wildman–Crippen LogP) is -0.253. The van der Waals surface area contributed by atoms with E-state index in [1.165, 1.54) is 6.07 Å². The molecule has 0 fully saturated rings. The van der Waals surface area contributed by atoms with Gasteiger partial charge in [0.1, 0.15) is 22.5 Å². The molecule has 0 saturated heterocycles. The number of rotatable bonds is 2. The second kappa shape index (κ2) is 4.29. The van der Waals surface area contributed by atoms with E-state index < -0.39 is 0 Å². The Labute approximate surface area is 101 Å². The Balaban J connectivity index is 2.31. The first kappa shape index (κ1) is 11.2. The summed E-state index contributed by atoms with van der Waals surface area (Å²) in [6, 6.07) is 3.02. The molecule has 2 heterocycles. The molecular formula is C8H10N8S. The lowest BCUT2D eigenvalue weighted by Gasteiger charge is -2.03. The van der Waals surface area contributed by atoms with Crippen molar-refractivity contribution in [3.8, 4) is 0 Å². The number of nitrogens with zero attached hydrogens (tertiary/aromatic N) is 4. The van der Waals surface area contributed by atoms with Gasteiger partial charge in [-0.25, -0.2) is 15.0 Å². The minimum Gasteiger partial charge on any atom is -0.383 e. The van der Waals surface area contributed by atoms with E-state index >= 15 is 0 Å². The van der Waals surface area contributed by atoms with Crippen molar-refractivity contribution in [1.29, 1.82) is 0 Å². The van der Waals surface area contributed by atoms with Crippen LogP contribution in [0.5, 0.6) is 0 Å². The first-order chi connectivity index (χ1) is 8.02. The summed E-state index contributed by atoms with van der Waals surface area (Å²) in [6.45, 7) is 0. The van der Waals surface area contributed by atoms with Crippen LogP contribution in [-0.2, 0) is 0 Å². The third-order valence-corrected chi connectivity index (χ3v) is 2.46. The minimum absolute atomic E-state index is 0.0874. The monoisotopic (exact) mass is 250 g/mol. The summed E-state index contributed by atoms with van der Waals surface area (Å²) >= 11 is 1.15. The first-order valence-corrected chi connectivity index (χ1v) is 5.32. The number of nitrogen functional groups attached to an aromatic ring is 4. The zero-order chi connectivity index (χ0) is 12.4. The largest absolute Gasteiger partial charge is 0.383 e. The summed E-state index contributed by atoms with van der Waals surface area (Å²) in [5.41, 5.74) is 22.1. The molecule has 8 N–H and O–H groups in total. The van der Waals surface area contributed by atoms with Crippen LogP contribution < -0.4 is 22.9 Å². The smallest absolute Gasteiger partial charge is 0.223 e. The first-order valence-electron chi connectivity index (χ1n) is 4.51. The molecule has 0 aliphatic carbocycles. The summed E-state index contributed by atoms with van der Waals surface area (Å²) in [5.74, 6) is 0.936. The van der Waals surface area contributed by atoms with Crippen LogP contribution in [0.1, 0.15) is 0 Å². The van der Waals surface area contributed by atoms with Gasteiger partial charge in [0.05, 0.1) is 0 Å². The predicted molar refractivity (Wildman–Crippen MR) is 65.8 cm³/mol. The van der Waals surface area contributed by atoms with Crippen molar-refractivity contribution in [3.63, 3.8) is 0 Å². The molecule has 17 heavy (non-hydrogen) atoms. The molecule has 0 aliphatic rings. The molecule has 8 nitrogen and oxygen atoms in total. The minimum atomic E-state index is 0.0874. The molecule has 2 rings (SSSR count). The van der Waals surface area contributed by atoms with Gasteiger partial charge in [-0.05, 0) is 11.8 Å². The molecule has 0 amide bonds. The topological polar surface area (TPSA) is 156 Å². The Bertz CT molecular complexity index is 467. The maximum atomic E-state index is 5.55. The highest BCUT2D eigenvalue weighted by molar-refractivity contribution is 7.99. The van der Waals surface area contributed by atoms with Crippen molar-refractivity contribution in [2.24, 2.45) is 0 Å². The lowest BCUT2D eigenvalue weighted by atomic mass is 10.5. The normalized spacial score (nSPS) is 10.4. The Morgan fingerprint density at radius 1 is 0.765 bits per heavy atom. The van der Waals surface area contributed by atoms with Crippen molar-refractivity contribution < 1.29 is 0 Å². The lowest BCUT2D eigenvalue weighted by Crippen LogP contribution is -2.01. The van der Waals surface area contributed by atoms with Gasteiger partial charge in [-0.3, -0.25) is 0 Å². The quantitative estimate of drug-likeness (QED) is 0.416. The van der Waals surface area contributed by atoms with E-state index in [2.05, 4.69) is 19.9 Å². The van der Waals surface area contributed by atoms with Crippen LogP contribution >= 0.6 is 11.8 Å². The van der Waals surface area contributed by atoms with Crippen LogP contribution in [0, 0.1) is 0 Å². The van der Waals surface area contributed by atoms with Gasteiger partial charge in [-0.1, -0.05) is 0 Å². The van der Waals surface area contributed by atoms with Gasteiger partial charge >= 0.3 is 0 Å². The van der Waals surface area contributed by atoms with Crippen molar-refractivity contribution in [2.75, 3.05) is 22.9 Å². The van der Waals surface area contributed by atoms with Crippen molar-refractivity contribution in [2.45, 2.75) is 10.2 Å². The molecule has 0 spiro atoms. The molecule has 0 bridgehead atoms. The number of hydrogen-bond donors (Lipinski definition) is 4. The number of hydrogen-bond acceptors (Lipinski definition) is 9. The second-order valence-corrected chi connectivity index (χ2v) is 4.08. The van der Waals surface area contributed by atoms with E-state index in [0.717, 1.165) is 11.8 Å². The summed E-state index contributed by atoms with van der Waals surface area (Å²) in [6.07, 6.45) is 0. The zero-order valence-corrected chi connectivity index (χ0v) is 9.48. The van der Waals surface area contributed by atoms with Gasteiger partial charge in [-0.15, -0.1) is 0 Å². The summed E-state index contributed by atoms with van der Waals surface area (Å²) in [4.78, 5) is 15.7. The maximum absolute atomic E-state index is 5.55. The van der Waals surface area contributed by atoms with E-state index in [0.29, 0.717) is 10.2 Å². The average molecular weight is 250 g/mol. The molecule has 0 saturated carbocycles. The van der Waals surface area contributed by atoms with E-state index in [4.69, 9.17) is 22.9 Å². The van der Waals surface area contributed by atoms with Gasteiger partial charge in [0.25, 0.3) is 0 Å². The number of nitrogens with two attached hydrogens (primary N) is 4. The summed E-state index contributed by atoms with van der Waals surface area (Å²) in [7, 11) is 0. The zero-order valence-electron chi connectivity index (χ0n) is 8.66. The SMILES string of the molecule is Nc1cc(Sc2nc(N)cc(N)n2)nc(N)n1. The molecule has 0 atom stereocenters. The fraction of sp³-hybridized carbons (Fsp3) is 0. The Hall–Kier alpha value is -2.29. The van der Waals surface area contributed by atoms with E-state index in [1.54, 1.807) is 6.07 Å². The Kier molecular flexibility index (Phi) is 2.83. The van der Waals surface area contributed by atoms with Crippen molar-refractivity contribution in [3.05, 3.63) is 12.1 Å². The van der Waals surface area contributed by atoms with Crippen LogP contribution in [0.2, 0.25) is 0 Å². The molecule has 0 aromatic carbocycles. The van der Waals surface area contributed by atoms with Gasteiger partial charge in [0.15, 0.2) is 5.16 Å². The fourth-order valence-electron chi connectivity index (χ4n) is 1.11. The highest BCUT2D eigenvalue weighted by atomic mass is 32.2. The summed E-state index contributed by atoms with van der Waals surface area (Å²) in [5, 5.41) is 0.903. The highest BCUT2D eigenvalue weighted by Crippen LogP contribution is 2.25. The van der Waals surface area contributed by atoms with Gasteiger partial charge in [0, 0.05) is 12.1 Å². The molecule has 0 unspecified atom stereocenters. The molecule has 2 aromatic heterocycles. The molecular weight excluding hydrogens is 240 g/mol. The van der Waals surface area contributed by atoms with Crippen molar-refractivity contribution >= 4 is 35.2 Å². The number of aromatic nitrogens is 4.